The van der Waals surface area contributed by atoms with Gasteiger partial charge < -0.3 is 5.32 Å². The lowest BCUT2D eigenvalue weighted by atomic mass is 10.1. The second kappa shape index (κ2) is 8.13. The highest BCUT2D eigenvalue weighted by molar-refractivity contribution is 6.30. The maximum Gasteiger partial charge on any atom is 0.234 e. The highest BCUT2D eigenvalue weighted by Crippen LogP contribution is 2.16. The van der Waals surface area contributed by atoms with Gasteiger partial charge in [0.15, 0.2) is 0 Å². The first-order valence-corrected chi connectivity index (χ1v) is 8.11. The molecular formula is C17H23ClN4O. The first kappa shape index (κ1) is 17.5. The van der Waals surface area contributed by atoms with Crippen LogP contribution in [0.1, 0.15) is 31.1 Å². The van der Waals surface area contributed by atoms with Crippen molar-refractivity contribution in [3.05, 3.63) is 52.8 Å². The molecule has 6 heteroatoms. The van der Waals surface area contributed by atoms with Crippen LogP contribution in [0, 0.1) is 0 Å². The van der Waals surface area contributed by atoms with Crippen LogP contribution in [-0.4, -0.2) is 34.2 Å². The molecule has 0 saturated carbocycles. The first-order chi connectivity index (χ1) is 11.0. The first-order valence-electron chi connectivity index (χ1n) is 7.73. The van der Waals surface area contributed by atoms with Gasteiger partial charge in [0, 0.05) is 24.3 Å². The zero-order valence-electron chi connectivity index (χ0n) is 13.8. The number of aromatic nitrogens is 2. The van der Waals surface area contributed by atoms with E-state index < -0.39 is 0 Å². The number of halogens is 1. The number of nitrogens with one attached hydrogen (secondary N) is 1. The Morgan fingerprint density at radius 1 is 1.35 bits per heavy atom. The Kier molecular flexibility index (Phi) is 6.19. The molecule has 1 amide bonds. The van der Waals surface area contributed by atoms with Gasteiger partial charge >= 0.3 is 0 Å². The molecule has 1 N–H and O–H groups in total. The lowest BCUT2D eigenvalue weighted by Gasteiger charge is -2.19. The zero-order valence-corrected chi connectivity index (χ0v) is 14.5. The second-order valence-corrected chi connectivity index (χ2v) is 6.09. The molecule has 5 nitrogen and oxygen atoms in total. The van der Waals surface area contributed by atoms with Crippen LogP contribution >= 0.6 is 11.6 Å². The number of nitrogens with zero attached hydrogens (tertiary/aromatic N) is 3. The molecule has 0 aliphatic carbocycles. The van der Waals surface area contributed by atoms with Crippen LogP contribution in [0.4, 0.5) is 0 Å². The Hall–Kier alpha value is -1.85. The minimum absolute atomic E-state index is 0.00230. The molecule has 1 aromatic carbocycles. The van der Waals surface area contributed by atoms with Gasteiger partial charge in [-0.15, -0.1) is 0 Å². The highest BCUT2D eigenvalue weighted by Gasteiger charge is 2.13. The molecule has 0 spiro atoms. The predicted molar refractivity (Wildman–Crippen MR) is 92.2 cm³/mol. The molecule has 1 heterocycles. The Morgan fingerprint density at radius 2 is 2.04 bits per heavy atom. The van der Waals surface area contributed by atoms with Crippen molar-refractivity contribution < 1.29 is 4.79 Å². The van der Waals surface area contributed by atoms with Crippen LogP contribution in [-0.2, 0) is 17.9 Å². The van der Waals surface area contributed by atoms with E-state index in [1.165, 1.54) is 0 Å². The van der Waals surface area contributed by atoms with Crippen molar-refractivity contribution in [2.24, 2.45) is 0 Å². The summed E-state index contributed by atoms with van der Waals surface area (Å²) < 4.78 is 1.94. The summed E-state index contributed by atoms with van der Waals surface area (Å²) in [4.78, 5) is 14.2. The Labute approximate surface area is 142 Å². The number of benzene rings is 1. The van der Waals surface area contributed by atoms with E-state index in [2.05, 4.69) is 17.3 Å². The molecule has 0 aliphatic rings. The summed E-state index contributed by atoms with van der Waals surface area (Å²) >= 11 is 5.88. The van der Waals surface area contributed by atoms with Crippen molar-refractivity contribution in [3.63, 3.8) is 0 Å². The Bertz CT molecular complexity index is 638. The van der Waals surface area contributed by atoms with Gasteiger partial charge in [-0.05, 0) is 44.7 Å². The number of rotatable bonds is 7. The standard InChI is InChI=1S/C17H23ClN4O/c1-4-22-16(9-10-19-22)11-21(3)12-17(23)20-13(2)14-5-7-15(18)8-6-14/h5-10,13H,4,11-12H2,1-3H3,(H,20,23). The molecule has 2 aromatic rings. The number of amides is 1. The third kappa shape index (κ3) is 5.08. The van der Waals surface area contributed by atoms with E-state index in [1.54, 1.807) is 6.20 Å². The van der Waals surface area contributed by atoms with E-state index in [9.17, 15) is 4.79 Å². The summed E-state index contributed by atoms with van der Waals surface area (Å²) in [5.74, 6) is -0.00230. The maximum atomic E-state index is 12.2. The fourth-order valence-electron chi connectivity index (χ4n) is 2.48. The quantitative estimate of drug-likeness (QED) is 0.847. The van der Waals surface area contributed by atoms with Crippen molar-refractivity contribution in [1.29, 1.82) is 0 Å². The SMILES string of the molecule is CCn1nccc1CN(C)CC(=O)NC(C)c1ccc(Cl)cc1. The summed E-state index contributed by atoms with van der Waals surface area (Å²) in [6.07, 6.45) is 1.79. The monoisotopic (exact) mass is 334 g/mol. The van der Waals surface area contributed by atoms with Crippen molar-refractivity contribution in [2.75, 3.05) is 13.6 Å². The largest absolute Gasteiger partial charge is 0.348 e. The normalized spacial score (nSPS) is 12.4. The molecule has 124 valence electrons. The van der Waals surface area contributed by atoms with Gasteiger partial charge in [0.05, 0.1) is 18.3 Å². The molecule has 23 heavy (non-hydrogen) atoms. The van der Waals surface area contributed by atoms with E-state index >= 15 is 0 Å². The van der Waals surface area contributed by atoms with E-state index in [4.69, 9.17) is 11.6 Å². The van der Waals surface area contributed by atoms with Crippen LogP contribution in [0.2, 0.25) is 5.02 Å². The van der Waals surface area contributed by atoms with E-state index in [0.29, 0.717) is 18.1 Å². The molecule has 1 aromatic heterocycles. The molecule has 1 unspecified atom stereocenters. The average molecular weight is 335 g/mol. The van der Waals surface area contributed by atoms with Gasteiger partial charge in [-0.2, -0.15) is 5.10 Å². The summed E-state index contributed by atoms with van der Waals surface area (Å²) in [6.45, 7) is 5.88. The summed E-state index contributed by atoms with van der Waals surface area (Å²) in [5, 5.41) is 7.94. The third-order valence-corrected chi connectivity index (χ3v) is 3.95. The highest BCUT2D eigenvalue weighted by atomic mass is 35.5. The smallest absolute Gasteiger partial charge is 0.234 e. The minimum Gasteiger partial charge on any atom is -0.348 e. The number of carbonyl (C=O) groups excluding carboxylic acids is 1. The van der Waals surface area contributed by atoms with Crippen molar-refractivity contribution in [3.8, 4) is 0 Å². The molecule has 0 saturated heterocycles. The van der Waals surface area contributed by atoms with Crippen LogP contribution in [0.3, 0.4) is 0 Å². The predicted octanol–water partition coefficient (Wildman–Crippen LogP) is 2.87. The van der Waals surface area contributed by atoms with Gasteiger partial charge in [-0.25, -0.2) is 0 Å². The third-order valence-electron chi connectivity index (χ3n) is 3.70. The fraction of sp³-hybridized carbons (Fsp3) is 0.412. The number of carbonyl (C=O) groups is 1. The summed E-state index contributed by atoms with van der Waals surface area (Å²) in [7, 11) is 1.93. The molecule has 0 aliphatic heterocycles. The molecule has 2 rings (SSSR count). The number of hydrogen-bond donors (Lipinski definition) is 1. The number of likely N-dealkylation sites (N-methyl/N-ethyl adjacent to an activating group) is 1. The lowest BCUT2D eigenvalue weighted by Crippen LogP contribution is -2.36. The summed E-state index contributed by atoms with van der Waals surface area (Å²) in [5.41, 5.74) is 2.14. The average Bonchev–Trinajstić information content (AvgIpc) is 2.94. The maximum absolute atomic E-state index is 12.2. The van der Waals surface area contributed by atoms with Gasteiger partial charge in [0.25, 0.3) is 0 Å². The lowest BCUT2D eigenvalue weighted by molar-refractivity contribution is -0.122. The Morgan fingerprint density at radius 3 is 2.70 bits per heavy atom. The van der Waals surface area contributed by atoms with Crippen LogP contribution < -0.4 is 5.32 Å². The van der Waals surface area contributed by atoms with E-state index in [1.807, 2.05) is 53.9 Å². The van der Waals surface area contributed by atoms with Gasteiger partial charge in [-0.1, -0.05) is 23.7 Å². The van der Waals surface area contributed by atoms with Crippen molar-refractivity contribution in [2.45, 2.75) is 33.0 Å². The van der Waals surface area contributed by atoms with E-state index in [0.717, 1.165) is 17.8 Å². The molecule has 0 bridgehead atoms. The zero-order chi connectivity index (χ0) is 16.8. The number of hydrogen-bond acceptors (Lipinski definition) is 3. The van der Waals surface area contributed by atoms with Crippen molar-refractivity contribution >= 4 is 17.5 Å². The van der Waals surface area contributed by atoms with Crippen LogP contribution in [0.25, 0.3) is 0 Å². The Balaban J connectivity index is 1.85. The van der Waals surface area contributed by atoms with Gasteiger partial charge in [0.1, 0.15) is 0 Å². The van der Waals surface area contributed by atoms with Gasteiger partial charge in [0.2, 0.25) is 5.91 Å². The topological polar surface area (TPSA) is 50.2 Å². The molecular weight excluding hydrogens is 312 g/mol. The van der Waals surface area contributed by atoms with E-state index in [-0.39, 0.29) is 11.9 Å². The van der Waals surface area contributed by atoms with Crippen LogP contribution in [0.5, 0.6) is 0 Å². The minimum atomic E-state index is -0.0469. The second-order valence-electron chi connectivity index (χ2n) is 5.65. The van der Waals surface area contributed by atoms with Crippen molar-refractivity contribution in [1.82, 2.24) is 20.0 Å². The summed E-state index contributed by atoms with van der Waals surface area (Å²) in [6, 6.07) is 9.45. The molecule has 0 fully saturated rings. The molecule has 0 radical (unpaired) electrons. The number of aryl methyl sites for hydroxylation is 1. The molecule has 1 atom stereocenters. The fourth-order valence-corrected chi connectivity index (χ4v) is 2.60. The van der Waals surface area contributed by atoms with Gasteiger partial charge in [-0.3, -0.25) is 14.4 Å². The van der Waals surface area contributed by atoms with Crippen LogP contribution in [0.15, 0.2) is 36.5 Å².